The fourth-order valence-corrected chi connectivity index (χ4v) is 4.20. The Hall–Kier alpha value is -4.16. The van der Waals surface area contributed by atoms with E-state index >= 15 is 0 Å². The van der Waals surface area contributed by atoms with E-state index in [2.05, 4.69) is 5.32 Å². The summed E-state index contributed by atoms with van der Waals surface area (Å²) in [6.07, 6.45) is -1.09. The quantitative estimate of drug-likeness (QED) is 0.516. The van der Waals surface area contributed by atoms with Gasteiger partial charge >= 0.3 is 5.97 Å². The molecule has 0 aliphatic heterocycles. The van der Waals surface area contributed by atoms with Crippen LogP contribution in [0.4, 0.5) is 11.4 Å². The Kier molecular flexibility index (Phi) is 7.34. The predicted octanol–water partition coefficient (Wildman–Crippen LogP) is 3.88. The molecule has 174 valence electrons. The van der Waals surface area contributed by atoms with Crippen LogP contribution < -0.4 is 9.62 Å². The molecule has 1 N–H and O–H groups in total. The lowest BCUT2D eigenvalue weighted by Crippen LogP contribution is -2.30. The van der Waals surface area contributed by atoms with Gasteiger partial charge in [0.25, 0.3) is 15.9 Å². The normalized spacial score (nSPS) is 11.7. The van der Waals surface area contributed by atoms with E-state index in [1.54, 1.807) is 30.3 Å². The number of carbonyl (C=O) groups excluding carboxylic acids is 2. The number of nitriles is 1. The molecule has 0 saturated heterocycles. The Morgan fingerprint density at radius 1 is 1.03 bits per heavy atom. The topological polar surface area (TPSA) is 117 Å². The average molecular weight is 478 g/mol. The van der Waals surface area contributed by atoms with E-state index in [0.717, 1.165) is 9.87 Å². The van der Waals surface area contributed by atoms with Gasteiger partial charge < -0.3 is 10.1 Å². The Morgan fingerprint density at radius 3 is 2.29 bits per heavy atom. The van der Waals surface area contributed by atoms with Crippen molar-refractivity contribution in [1.29, 1.82) is 5.26 Å². The minimum Gasteiger partial charge on any atom is -0.449 e. The standard InChI is InChI=1S/C25H23N3O5S/c1-17-7-13-23(14-8-17)34(31,32)28(3)22-11-9-20(10-12-22)25(30)33-18(2)24(29)27-21-6-4-5-19(15-21)16-26/h4-15,18H,1-3H3,(H,27,29). The van der Waals surface area contributed by atoms with Crippen molar-refractivity contribution in [3.8, 4) is 6.07 Å². The Bertz CT molecular complexity index is 1340. The lowest BCUT2D eigenvalue weighted by atomic mass is 10.2. The highest BCUT2D eigenvalue weighted by molar-refractivity contribution is 7.92. The van der Waals surface area contributed by atoms with Gasteiger partial charge in [0.2, 0.25) is 0 Å². The van der Waals surface area contributed by atoms with E-state index in [0.29, 0.717) is 16.9 Å². The molecule has 3 aromatic rings. The van der Waals surface area contributed by atoms with Crippen molar-refractivity contribution < 1.29 is 22.7 Å². The van der Waals surface area contributed by atoms with Crippen molar-refractivity contribution in [2.24, 2.45) is 0 Å². The molecule has 0 bridgehead atoms. The third-order valence-electron chi connectivity index (χ3n) is 5.06. The van der Waals surface area contributed by atoms with Crippen LogP contribution in [0.15, 0.2) is 77.7 Å². The van der Waals surface area contributed by atoms with Gasteiger partial charge in [-0.2, -0.15) is 5.26 Å². The molecule has 8 nitrogen and oxygen atoms in total. The van der Waals surface area contributed by atoms with Crippen LogP contribution in [-0.4, -0.2) is 33.4 Å². The Balaban J connectivity index is 1.65. The summed E-state index contributed by atoms with van der Waals surface area (Å²) < 4.78 is 32.0. The predicted molar refractivity (Wildman–Crippen MR) is 128 cm³/mol. The van der Waals surface area contributed by atoms with Crippen LogP contribution in [0.25, 0.3) is 0 Å². The monoisotopic (exact) mass is 477 g/mol. The molecule has 0 heterocycles. The van der Waals surface area contributed by atoms with Crippen molar-refractivity contribution in [2.45, 2.75) is 24.8 Å². The fraction of sp³-hybridized carbons (Fsp3) is 0.160. The number of esters is 1. The number of ether oxygens (including phenoxy) is 1. The zero-order valence-corrected chi connectivity index (χ0v) is 19.7. The maximum absolute atomic E-state index is 12.8. The second-order valence-electron chi connectivity index (χ2n) is 7.56. The molecule has 0 fully saturated rings. The summed E-state index contributed by atoms with van der Waals surface area (Å²) >= 11 is 0. The molecule has 1 atom stereocenters. The molecule has 34 heavy (non-hydrogen) atoms. The second-order valence-corrected chi connectivity index (χ2v) is 9.53. The highest BCUT2D eigenvalue weighted by Crippen LogP contribution is 2.23. The molecule has 0 aromatic heterocycles. The van der Waals surface area contributed by atoms with Crippen molar-refractivity contribution in [2.75, 3.05) is 16.7 Å². The summed E-state index contributed by atoms with van der Waals surface area (Å²) in [5.41, 5.74) is 2.27. The first-order chi connectivity index (χ1) is 16.1. The number of nitrogens with one attached hydrogen (secondary N) is 1. The first kappa shape index (κ1) is 24.5. The number of carbonyl (C=O) groups is 2. The SMILES string of the molecule is Cc1ccc(S(=O)(=O)N(C)c2ccc(C(=O)OC(C)C(=O)Nc3cccc(C#N)c3)cc2)cc1. The molecular formula is C25H23N3O5S. The first-order valence-corrected chi connectivity index (χ1v) is 11.7. The molecule has 0 radical (unpaired) electrons. The van der Waals surface area contributed by atoms with Gasteiger partial charge in [-0.3, -0.25) is 9.10 Å². The van der Waals surface area contributed by atoms with Crippen LogP contribution in [0.3, 0.4) is 0 Å². The number of nitrogens with zero attached hydrogens (tertiary/aromatic N) is 2. The smallest absolute Gasteiger partial charge is 0.338 e. The number of hydrogen-bond donors (Lipinski definition) is 1. The van der Waals surface area contributed by atoms with Crippen LogP contribution in [0, 0.1) is 18.3 Å². The van der Waals surface area contributed by atoms with E-state index < -0.39 is 28.0 Å². The van der Waals surface area contributed by atoms with Gasteiger partial charge in [0.15, 0.2) is 6.10 Å². The lowest BCUT2D eigenvalue weighted by molar-refractivity contribution is -0.123. The molecule has 3 aromatic carbocycles. The molecule has 0 aliphatic carbocycles. The summed E-state index contributed by atoms with van der Waals surface area (Å²) in [5.74, 6) is -1.28. The van der Waals surface area contributed by atoms with E-state index in [9.17, 15) is 18.0 Å². The van der Waals surface area contributed by atoms with Crippen molar-refractivity contribution in [3.63, 3.8) is 0 Å². The van der Waals surface area contributed by atoms with Crippen molar-refractivity contribution in [1.82, 2.24) is 0 Å². The molecule has 0 aliphatic rings. The number of aryl methyl sites for hydroxylation is 1. The van der Waals surface area contributed by atoms with Gasteiger partial charge in [0.1, 0.15) is 0 Å². The zero-order chi connectivity index (χ0) is 24.9. The van der Waals surface area contributed by atoms with Crippen LogP contribution in [0.1, 0.15) is 28.4 Å². The molecule has 3 rings (SSSR count). The maximum atomic E-state index is 12.8. The average Bonchev–Trinajstić information content (AvgIpc) is 2.84. The molecular weight excluding hydrogens is 454 g/mol. The van der Waals surface area contributed by atoms with Gasteiger partial charge in [0, 0.05) is 12.7 Å². The van der Waals surface area contributed by atoms with E-state index in [-0.39, 0.29) is 10.5 Å². The van der Waals surface area contributed by atoms with Crippen molar-refractivity contribution in [3.05, 3.63) is 89.5 Å². The minimum absolute atomic E-state index is 0.157. The summed E-state index contributed by atoms with van der Waals surface area (Å²) in [5, 5.41) is 11.5. The highest BCUT2D eigenvalue weighted by atomic mass is 32.2. The van der Waals surface area contributed by atoms with E-state index in [4.69, 9.17) is 10.00 Å². The van der Waals surface area contributed by atoms with Crippen LogP contribution in [0.5, 0.6) is 0 Å². The number of benzene rings is 3. The van der Waals surface area contributed by atoms with Crippen LogP contribution >= 0.6 is 0 Å². The number of anilines is 2. The second kappa shape index (κ2) is 10.2. The maximum Gasteiger partial charge on any atom is 0.338 e. The number of sulfonamides is 1. The molecule has 0 saturated carbocycles. The summed E-state index contributed by atoms with van der Waals surface area (Å²) in [7, 11) is -2.34. The largest absolute Gasteiger partial charge is 0.449 e. The van der Waals surface area contributed by atoms with Gasteiger partial charge in [-0.25, -0.2) is 13.2 Å². The van der Waals surface area contributed by atoms with Gasteiger partial charge in [-0.05, 0) is 68.4 Å². The first-order valence-electron chi connectivity index (χ1n) is 10.3. The van der Waals surface area contributed by atoms with Gasteiger partial charge in [0.05, 0.1) is 27.8 Å². The van der Waals surface area contributed by atoms with Gasteiger partial charge in [-0.1, -0.05) is 23.8 Å². The number of amides is 1. The fourth-order valence-electron chi connectivity index (χ4n) is 3.01. The molecule has 0 spiro atoms. The third-order valence-corrected chi connectivity index (χ3v) is 6.86. The minimum atomic E-state index is -3.76. The van der Waals surface area contributed by atoms with E-state index in [1.807, 2.05) is 13.0 Å². The summed E-state index contributed by atoms with van der Waals surface area (Å²) in [6.45, 7) is 3.30. The molecule has 1 unspecified atom stereocenters. The Morgan fingerprint density at radius 2 is 1.68 bits per heavy atom. The summed E-state index contributed by atoms with van der Waals surface area (Å²) in [6, 6.07) is 20.7. The molecule has 9 heteroatoms. The Labute approximate surface area is 198 Å². The summed E-state index contributed by atoms with van der Waals surface area (Å²) in [4.78, 5) is 25.0. The van der Waals surface area contributed by atoms with Crippen LogP contribution in [0.2, 0.25) is 0 Å². The third kappa shape index (κ3) is 5.60. The van der Waals surface area contributed by atoms with Crippen molar-refractivity contribution >= 4 is 33.3 Å². The van der Waals surface area contributed by atoms with E-state index in [1.165, 1.54) is 56.4 Å². The lowest BCUT2D eigenvalue weighted by Gasteiger charge is -2.20. The van der Waals surface area contributed by atoms with Gasteiger partial charge in [-0.15, -0.1) is 0 Å². The molecule has 1 amide bonds. The van der Waals surface area contributed by atoms with Crippen LogP contribution in [-0.2, 0) is 19.6 Å². The number of rotatable bonds is 7. The zero-order valence-electron chi connectivity index (χ0n) is 18.8. The number of hydrogen-bond acceptors (Lipinski definition) is 6. The highest BCUT2D eigenvalue weighted by Gasteiger charge is 2.23.